The highest BCUT2D eigenvalue weighted by atomic mass is 35.5. The van der Waals surface area contributed by atoms with Crippen LogP contribution in [-0.4, -0.2) is 21.2 Å². The number of phenols is 1. The van der Waals surface area contributed by atoms with Crippen LogP contribution in [0.2, 0.25) is 5.02 Å². The van der Waals surface area contributed by atoms with Gasteiger partial charge in [0.1, 0.15) is 5.75 Å². The van der Waals surface area contributed by atoms with Crippen molar-refractivity contribution < 1.29 is 9.90 Å². The molecule has 1 aromatic heterocycles. The van der Waals surface area contributed by atoms with Gasteiger partial charge in [0.2, 0.25) is 0 Å². The maximum Gasteiger partial charge on any atom is 0.260 e. The zero-order valence-electron chi connectivity index (χ0n) is 9.70. The number of nitrogens with one attached hydrogen (secondary N) is 2. The van der Waals surface area contributed by atoms with Gasteiger partial charge in [-0.25, -0.2) is 0 Å². The van der Waals surface area contributed by atoms with E-state index in [1.807, 2.05) is 6.92 Å². The molecule has 0 aliphatic heterocycles. The van der Waals surface area contributed by atoms with Crippen LogP contribution in [0.15, 0.2) is 24.3 Å². The normalized spacial score (nSPS) is 10.3. The van der Waals surface area contributed by atoms with Gasteiger partial charge in [-0.3, -0.25) is 9.89 Å². The molecule has 0 unspecified atom stereocenters. The van der Waals surface area contributed by atoms with Crippen LogP contribution >= 0.6 is 11.6 Å². The number of H-pyrrole nitrogens is 1. The third kappa shape index (κ3) is 2.62. The van der Waals surface area contributed by atoms with Crippen molar-refractivity contribution in [3.8, 4) is 5.75 Å². The van der Waals surface area contributed by atoms with Crippen molar-refractivity contribution in [3.63, 3.8) is 0 Å². The van der Waals surface area contributed by atoms with E-state index in [4.69, 9.17) is 11.6 Å². The molecule has 2 rings (SSSR count). The average molecular weight is 266 g/mol. The van der Waals surface area contributed by atoms with Gasteiger partial charge in [0.25, 0.3) is 5.91 Å². The number of aromatic amines is 1. The van der Waals surface area contributed by atoms with E-state index in [1.165, 1.54) is 18.2 Å². The Balaban J connectivity index is 2.16. The highest BCUT2D eigenvalue weighted by Gasteiger charge is 2.12. The Morgan fingerprint density at radius 1 is 1.50 bits per heavy atom. The van der Waals surface area contributed by atoms with Crippen LogP contribution in [0.5, 0.6) is 5.75 Å². The topological polar surface area (TPSA) is 78.0 Å². The van der Waals surface area contributed by atoms with Crippen molar-refractivity contribution in [3.05, 3.63) is 40.5 Å². The molecule has 3 N–H and O–H groups in total. The first kappa shape index (κ1) is 12.4. The van der Waals surface area contributed by atoms with Gasteiger partial charge in [-0.2, -0.15) is 5.10 Å². The molecular weight excluding hydrogens is 254 g/mol. The number of carbonyl (C=O) groups is 1. The van der Waals surface area contributed by atoms with Crippen molar-refractivity contribution in [2.24, 2.45) is 0 Å². The number of phenolic OH excluding ortho intramolecular Hbond substituents is 1. The molecule has 6 heteroatoms. The molecule has 94 valence electrons. The van der Waals surface area contributed by atoms with Crippen LogP contribution in [0.3, 0.4) is 0 Å². The van der Waals surface area contributed by atoms with Crippen molar-refractivity contribution in [2.75, 3.05) is 5.32 Å². The molecule has 0 bridgehead atoms. The van der Waals surface area contributed by atoms with Gasteiger partial charge in [0.05, 0.1) is 5.56 Å². The summed E-state index contributed by atoms with van der Waals surface area (Å²) < 4.78 is 0. The number of hydrogen-bond donors (Lipinski definition) is 3. The van der Waals surface area contributed by atoms with E-state index in [1.54, 1.807) is 6.07 Å². The Hall–Kier alpha value is -2.01. The summed E-state index contributed by atoms with van der Waals surface area (Å²) in [6.45, 7) is 1.98. The lowest BCUT2D eigenvalue weighted by atomic mass is 10.2. The van der Waals surface area contributed by atoms with E-state index < -0.39 is 5.91 Å². The highest BCUT2D eigenvalue weighted by molar-refractivity contribution is 6.30. The second-order valence-electron chi connectivity index (χ2n) is 3.75. The minimum absolute atomic E-state index is 0.153. The van der Waals surface area contributed by atoms with E-state index >= 15 is 0 Å². The number of amides is 1. The maximum absolute atomic E-state index is 11.9. The van der Waals surface area contributed by atoms with E-state index in [0.717, 1.165) is 12.1 Å². The van der Waals surface area contributed by atoms with E-state index in [0.29, 0.717) is 10.8 Å². The molecule has 1 heterocycles. The monoisotopic (exact) mass is 265 g/mol. The molecule has 1 aromatic carbocycles. The zero-order valence-corrected chi connectivity index (χ0v) is 10.5. The van der Waals surface area contributed by atoms with Gasteiger partial charge in [0, 0.05) is 16.8 Å². The molecule has 0 aliphatic carbocycles. The van der Waals surface area contributed by atoms with E-state index in [2.05, 4.69) is 15.5 Å². The van der Waals surface area contributed by atoms with E-state index in [-0.39, 0.29) is 11.3 Å². The number of rotatable bonds is 3. The Morgan fingerprint density at radius 3 is 2.89 bits per heavy atom. The molecular formula is C12H12ClN3O2. The first-order valence-corrected chi connectivity index (χ1v) is 5.82. The number of aryl methyl sites for hydroxylation is 1. The molecule has 5 nitrogen and oxygen atoms in total. The molecule has 0 radical (unpaired) electrons. The second-order valence-corrected chi connectivity index (χ2v) is 4.18. The summed E-state index contributed by atoms with van der Waals surface area (Å²) in [7, 11) is 0. The SMILES string of the molecule is CCc1cc(NC(=O)c2ccc(Cl)cc2O)n[nH]1. The predicted octanol–water partition coefficient (Wildman–Crippen LogP) is 2.58. The number of nitrogens with zero attached hydrogens (tertiary/aromatic N) is 1. The van der Waals surface area contributed by atoms with Crippen molar-refractivity contribution in [1.82, 2.24) is 10.2 Å². The van der Waals surface area contributed by atoms with Gasteiger partial charge in [-0.15, -0.1) is 0 Å². The summed E-state index contributed by atoms with van der Waals surface area (Å²) >= 11 is 5.69. The fraction of sp³-hybridized carbons (Fsp3) is 0.167. The lowest BCUT2D eigenvalue weighted by Crippen LogP contribution is -2.12. The summed E-state index contributed by atoms with van der Waals surface area (Å²) in [5.41, 5.74) is 1.08. The summed E-state index contributed by atoms with van der Waals surface area (Å²) in [5, 5.41) is 19.3. The average Bonchev–Trinajstić information content (AvgIpc) is 2.76. The minimum atomic E-state index is -0.432. The Morgan fingerprint density at radius 2 is 2.28 bits per heavy atom. The second kappa shape index (κ2) is 5.10. The Kier molecular flexibility index (Phi) is 3.53. The van der Waals surface area contributed by atoms with Crippen LogP contribution in [0.4, 0.5) is 5.82 Å². The van der Waals surface area contributed by atoms with Crippen LogP contribution in [0.25, 0.3) is 0 Å². The largest absolute Gasteiger partial charge is 0.507 e. The molecule has 2 aromatic rings. The van der Waals surface area contributed by atoms with Crippen LogP contribution < -0.4 is 5.32 Å². The van der Waals surface area contributed by atoms with Crippen LogP contribution in [0.1, 0.15) is 23.0 Å². The third-order valence-corrected chi connectivity index (χ3v) is 2.69. The minimum Gasteiger partial charge on any atom is -0.507 e. The number of anilines is 1. The maximum atomic E-state index is 11.9. The summed E-state index contributed by atoms with van der Waals surface area (Å²) in [4.78, 5) is 11.9. The number of aromatic nitrogens is 2. The first-order chi connectivity index (χ1) is 8.60. The molecule has 18 heavy (non-hydrogen) atoms. The van der Waals surface area contributed by atoms with Crippen LogP contribution in [-0.2, 0) is 6.42 Å². The summed E-state index contributed by atoms with van der Waals surface area (Å²) in [6.07, 6.45) is 0.801. The lowest BCUT2D eigenvalue weighted by Gasteiger charge is -2.04. The molecule has 0 aliphatic rings. The fourth-order valence-corrected chi connectivity index (χ4v) is 1.65. The molecule has 0 saturated heterocycles. The number of benzene rings is 1. The number of aromatic hydroxyl groups is 1. The van der Waals surface area contributed by atoms with Gasteiger partial charge in [0.15, 0.2) is 5.82 Å². The highest BCUT2D eigenvalue weighted by Crippen LogP contribution is 2.22. The third-order valence-electron chi connectivity index (χ3n) is 2.46. The zero-order chi connectivity index (χ0) is 13.1. The predicted molar refractivity (Wildman–Crippen MR) is 69.0 cm³/mol. The van der Waals surface area contributed by atoms with Gasteiger partial charge in [-0.1, -0.05) is 18.5 Å². The molecule has 0 atom stereocenters. The van der Waals surface area contributed by atoms with Gasteiger partial charge < -0.3 is 10.4 Å². The van der Waals surface area contributed by atoms with Crippen molar-refractivity contribution in [1.29, 1.82) is 0 Å². The Bertz CT molecular complexity index is 580. The summed E-state index contributed by atoms with van der Waals surface area (Å²) in [6, 6.07) is 6.06. The molecule has 1 amide bonds. The quantitative estimate of drug-likeness (QED) is 0.798. The molecule has 0 spiro atoms. The van der Waals surface area contributed by atoms with Crippen LogP contribution in [0, 0.1) is 0 Å². The standard InChI is InChI=1S/C12H12ClN3O2/c1-2-8-6-11(16-15-8)14-12(18)9-4-3-7(13)5-10(9)17/h3-6,17H,2H2,1H3,(H2,14,15,16,18). The number of carbonyl (C=O) groups excluding carboxylic acids is 1. The lowest BCUT2D eigenvalue weighted by molar-refractivity contribution is 0.102. The smallest absolute Gasteiger partial charge is 0.260 e. The number of halogens is 1. The molecule has 0 saturated carbocycles. The van der Waals surface area contributed by atoms with Gasteiger partial charge >= 0.3 is 0 Å². The van der Waals surface area contributed by atoms with Crippen molar-refractivity contribution >= 4 is 23.3 Å². The van der Waals surface area contributed by atoms with Crippen molar-refractivity contribution in [2.45, 2.75) is 13.3 Å². The first-order valence-electron chi connectivity index (χ1n) is 5.44. The van der Waals surface area contributed by atoms with E-state index in [9.17, 15) is 9.90 Å². The summed E-state index contributed by atoms with van der Waals surface area (Å²) in [5.74, 6) is -0.171. The molecule has 0 fully saturated rings. The van der Waals surface area contributed by atoms with Gasteiger partial charge in [-0.05, 0) is 24.6 Å². The fourth-order valence-electron chi connectivity index (χ4n) is 1.49. The number of hydrogen-bond acceptors (Lipinski definition) is 3. The Labute approximate surface area is 109 Å².